The molecule has 0 spiro atoms. The van der Waals surface area contributed by atoms with Crippen molar-refractivity contribution in [3.05, 3.63) is 76.3 Å². The summed E-state index contributed by atoms with van der Waals surface area (Å²) < 4.78 is 5.32. The highest BCUT2D eigenvalue weighted by Crippen LogP contribution is 2.25. The largest absolute Gasteiger partial charge is 0.497 e. The Kier molecular flexibility index (Phi) is 5.69. The average Bonchev–Trinajstić information content (AvgIpc) is 3.14. The molecule has 5 nitrogen and oxygen atoms in total. The molecule has 0 bridgehead atoms. The van der Waals surface area contributed by atoms with Gasteiger partial charge in [-0.25, -0.2) is 4.98 Å². The van der Waals surface area contributed by atoms with Crippen LogP contribution in [0.1, 0.15) is 22.4 Å². The lowest BCUT2D eigenvalue weighted by atomic mass is 9.99. The highest BCUT2D eigenvalue weighted by atomic mass is 32.1. The first-order valence-electron chi connectivity index (χ1n) is 9.36. The second-order valence-corrected chi connectivity index (χ2v) is 7.81. The van der Waals surface area contributed by atoms with Gasteiger partial charge < -0.3 is 10.1 Å². The molecule has 0 aliphatic carbocycles. The van der Waals surface area contributed by atoms with Crippen molar-refractivity contribution in [3.63, 3.8) is 0 Å². The predicted molar refractivity (Wildman–Crippen MR) is 112 cm³/mol. The van der Waals surface area contributed by atoms with Crippen LogP contribution in [0.15, 0.2) is 53.9 Å². The maximum atomic E-state index is 12.2. The highest BCUT2D eigenvalue weighted by Gasteiger charge is 2.18. The second kappa shape index (κ2) is 8.54. The number of thiazole rings is 1. The van der Waals surface area contributed by atoms with Gasteiger partial charge in [-0.05, 0) is 35.2 Å². The van der Waals surface area contributed by atoms with Crippen molar-refractivity contribution >= 4 is 22.4 Å². The van der Waals surface area contributed by atoms with Crippen LogP contribution in [-0.4, -0.2) is 29.4 Å². The van der Waals surface area contributed by atoms with Crippen molar-refractivity contribution in [1.29, 1.82) is 0 Å². The van der Waals surface area contributed by atoms with Gasteiger partial charge in [-0.2, -0.15) is 0 Å². The SMILES string of the molecule is COc1ccc2c(c1)CCN(Cc1csc(NC(=O)Cc3ccccc3)n1)C2. The summed E-state index contributed by atoms with van der Waals surface area (Å²) in [6.07, 6.45) is 1.37. The number of carbonyl (C=O) groups excluding carboxylic acids is 1. The summed E-state index contributed by atoms with van der Waals surface area (Å²) in [5.41, 5.74) is 4.71. The molecule has 2 aromatic carbocycles. The maximum Gasteiger partial charge on any atom is 0.230 e. The van der Waals surface area contributed by atoms with Gasteiger partial charge >= 0.3 is 0 Å². The molecule has 6 heteroatoms. The Morgan fingerprint density at radius 1 is 1.21 bits per heavy atom. The fourth-order valence-corrected chi connectivity index (χ4v) is 4.18. The average molecular weight is 394 g/mol. The van der Waals surface area contributed by atoms with Crippen molar-refractivity contribution in [3.8, 4) is 5.75 Å². The van der Waals surface area contributed by atoms with Gasteiger partial charge in [0.15, 0.2) is 5.13 Å². The normalized spacial score (nSPS) is 13.8. The van der Waals surface area contributed by atoms with Gasteiger partial charge in [-0.1, -0.05) is 36.4 Å². The Hall–Kier alpha value is -2.70. The summed E-state index contributed by atoms with van der Waals surface area (Å²) in [5.74, 6) is 0.885. The van der Waals surface area contributed by atoms with Crippen molar-refractivity contribution < 1.29 is 9.53 Å². The van der Waals surface area contributed by atoms with E-state index in [0.717, 1.165) is 43.1 Å². The van der Waals surface area contributed by atoms with Crippen molar-refractivity contribution in [1.82, 2.24) is 9.88 Å². The van der Waals surface area contributed by atoms with E-state index in [1.807, 2.05) is 41.8 Å². The minimum absolute atomic E-state index is 0.0343. The molecule has 28 heavy (non-hydrogen) atoms. The number of nitrogens with one attached hydrogen (secondary N) is 1. The first-order valence-corrected chi connectivity index (χ1v) is 10.2. The molecule has 0 saturated heterocycles. The van der Waals surface area contributed by atoms with Crippen molar-refractivity contribution in [2.75, 3.05) is 19.0 Å². The van der Waals surface area contributed by atoms with E-state index in [4.69, 9.17) is 4.74 Å². The summed E-state index contributed by atoms with van der Waals surface area (Å²) in [7, 11) is 1.70. The number of fused-ring (bicyclic) bond motifs is 1. The molecule has 144 valence electrons. The van der Waals surface area contributed by atoms with Crippen molar-refractivity contribution in [2.45, 2.75) is 25.9 Å². The van der Waals surface area contributed by atoms with Crippen LogP contribution in [0.2, 0.25) is 0 Å². The van der Waals surface area contributed by atoms with Crippen LogP contribution < -0.4 is 10.1 Å². The molecule has 0 radical (unpaired) electrons. The third-order valence-electron chi connectivity index (χ3n) is 4.90. The molecule has 0 atom stereocenters. The van der Waals surface area contributed by atoms with E-state index in [1.165, 1.54) is 22.5 Å². The zero-order valence-corrected chi connectivity index (χ0v) is 16.7. The van der Waals surface area contributed by atoms with Crippen LogP contribution >= 0.6 is 11.3 Å². The third-order valence-corrected chi connectivity index (χ3v) is 5.70. The molecule has 1 aliphatic rings. The van der Waals surface area contributed by atoms with E-state index < -0.39 is 0 Å². The highest BCUT2D eigenvalue weighted by molar-refractivity contribution is 7.13. The third kappa shape index (κ3) is 4.58. The van der Waals surface area contributed by atoms with Crippen molar-refractivity contribution in [2.24, 2.45) is 0 Å². The van der Waals surface area contributed by atoms with Gasteiger partial charge in [0.2, 0.25) is 5.91 Å². The fourth-order valence-electron chi connectivity index (χ4n) is 3.46. The number of amides is 1. The van der Waals surface area contributed by atoms with Crippen LogP contribution in [0.5, 0.6) is 5.75 Å². The van der Waals surface area contributed by atoms with Gasteiger partial charge in [0.05, 0.1) is 19.2 Å². The first-order chi connectivity index (χ1) is 13.7. The lowest BCUT2D eigenvalue weighted by Crippen LogP contribution is -2.30. The fraction of sp³-hybridized carbons (Fsp3) is 0.273. The first kappa shape index (κ1) is 18.7. The zero-order chi connectivity index (χ0) is 19.3. The molecule has 0 saturated carbocycles. The van der Waals surface area contributed by atoms with Crippen LogP contribution in [-0.2, 0) is 30.7 Å². The quantitative estimate of drug-likeness (QED) is 0.690. The van der Waals surface area contributed by atoms with Crippen LogP contribution in [0.25, 0.3) is 0 Å². The monoisotopic (exact) mass is 393 g/mol. The zero-order valence-electron chi connectivity index (χ0n) is 15.9. The minimum atomic E-state index is -0.0343. The van der Waals surface area contributed by atoms with E-state index in [1.54, 1.807) is 7.11 Å². The Morgan fingerprint density at radius 2 is 2.07 bits per heavy atom. The standard InChI is InChI=1S/C22H23N3O2S/c1-27-20-8-7-18-13-25(10-9-17(18)12-20)14-19-15-28-22(23-19)24-21(26)11-16-5-3-2-4-6-16/h2-8,12,15H,9-11,13-14H2,1H3,(H,23,24,26). The van der Waals surface area contributed by atoms with Gasteiger partial charge in [-0.15, -0.1) is 11.3 Å². The summed E-state index contributed by atoms with van der Waals surface area (Å²) >= 11 is 1.48. The van der Waals surface area contributed by atoms with Crippen LogP contribution in [0.3, 0.4) is 0 Å². The summed E-state index contributed by atoms with van der Waals surface area (Å²) in [6, 6.07) is 16.0. The molecule has 4 rings (SSSR count). The predicted octanol–water partition coefficient (Wildman–Crippen LogP) is 3.89. The molecule has 1 aliphatic heterocycles. The Labute approximate surface area is 169 Å². The lowest BCUT2D eigenvalue weighted by Gasteiger charge is -2.28. The second-order valence-electron chi connectivity index (χ2n) is 6.95. The topological polar surface area (TPSA) is 54.5 Å². The summed E-state index contributed by atoms with van der Waals surface area (Å²) in [5, 5.41) is 5.61. The molecule has 0 unspecified atom stereocenters. The smallest absolute Gasteiger partial charge is 0.230 e. The number of rotatable bonds is 6. The van der Waals surface area contributed by atoms with E-state index in [-0.39, 0.29) is 5.91 Å². The Bertz CT molecular complexity index is 955. The molecule has 2 heterocycles. The van der Waals surface area contributed by atoms with E-state index in [2.05, 4.69) is 27.3 Å². The number of benzene rings is 2. The van der Waals surface area contributed by atoms with Crippen LogP contribution in [0, 0.1) is 0 Å². The molecule has 3 aromatic rings. The molecule has 0 fully saturated rings. The number of methoxy groups -OCH3 is 1. The minimum Gasteiger partial charge on any atom is -0.497 e. The van der Waals surface area contributed by atoms with Gasteiger partial charge in [-0.3, -0.25) is 9.69 Å². The van der Waals surface area contributed by atoms with Gasteiger partial charge in [0, 0.05) is 25.0 Å². The maximum absolute atomic E-state index is 12.2. The molecular formula is C22H23N3O2S. The number of aromatic nitrogens is 1. The van der Waals surface area contributed by atoms with Gasteiger partial charge in [0.1, 0.15) is 5.75 Å². The summed E-state index contributed by atoms with van der Waals surface area (Å²) in [6.45, 7) is 2.69. The number of hydrogen-bond donors (Lipinski definition) is 1. The van der Waals surface area contributed by atoms with Gasteiger partial charge in [0.25, 0.3) is 0 Å². The van der Waals surface area contributed by atoms with E-state index in [9.17, 15) is 4.79 Å². The number of ether oxygens (including phenoxy) is 1. The van der Waals surface area contributed by atoms with Crippen LogP contribution in [0.4, 0.5) is 5.13 Å². The van der Waals surface area contributed by atoms with E-state index in [0.29, 0.717) is 11.6 Å². The summed E-state index contributed by atoms with van der Waals surface area (Å²) in [4.78, 5) is 19.2. The Morgan fingerprint density at radius 3 is 2.89 bits per heavy atom. The Balaban J connectivity index is 1.33. The number of hydrogen-bond acceptors (Lipinski definition) is 5. The number of nitrogens with zero attached hydrogens (tertiary/aromatic N) is 2. The molecule has 1 amide bonds. The number of carbonyl (C=O) groups is 1. The molecular weight excluding hydrogens is 370 g/mol. The molecule has 1 N–H and O–H groups in total. The lowest BCUT2D eigenvalue weighted by molar-refractivity contribution is -0.115. The molecule has 1 aromatic heterocycles. The number of anilines is 1. The van der Waals surface area contributed by atoms with E-state index >= 15 is 0 Å².